The van der Waals surface area contributed by atoms with E-state index in [9.17, 15) is 24.0 Å². The zero-order valence-electron chi connectivity index (χ0n) is 40.9. The lowest BCUT2D eigenvalue weighted by molar-refractivity contribution is -0.148. The fourth-order valence-corrected chi connectivity index (χ4v) is 9.33. The van der Waals surface area contributed by atoms with Gasteiger partial charge in [-0.1, -0.05) is 103 Å². The molecule has 0 saturated carbocycles. The summed E-state index contributed by atoms with van der Waals surface area (Å²) in [4.78, 5) is 73.6. The number of aromatic nitrogens is 2. The number of hydrogen-bond donors (Lipinski definition) is 3. The molecule has 0 aliphatic carbocycles. The van der Waals surface area contributed by atoms with Gasteiger partial charge in [-0.3, -0.25) is 28.9 Å². The molecule has 9 atom stereocenters. The van der Waals surface area contributed by atoms with Crippen LogP contribution in [0, 0.1) is 23.7 Å². The molecule has 3 aromatic rings. The Morgan fingerprint density at radius 3 is 2.11 bits per heavy atom. The number of carbonyl (C=O) groups excluding carboxylic acids is 4. The Kier molecular flexibility index (Phi) is 20.8. The number of carboxylic acid groups (broad SMARTS) is 1. The van der Waals surface area contributed by atoms with E-state index in [0.29, 0.717) is 44.7 Å². The number of carboxylic acids is 1. The summed E-state index contributed by atoms with van der Waals surface area (Å²) in [6.45, 7) is 14.3. The average Bonchev–Trinajstić information content (AvgIpc) is 3.99. The molecule has 0 radical (unpaired) electrons. The van der Waals surface area contributed by atoms with Gasteiger partial charge in [-0.2, -0.15) is 0 Å². The van der Waals surface area contributed by atoms with Crippen LogP contribution in [0.25, 0.3) is 11.5 Å². The summed E-state index contributed by atoms with van der Waals surface area (Å²) in [6, 6.07) is 16.2. The minimum absolute atomic E-state index is 0.00721. The average molecular weight is 918 g/mol. The third-order valence-corrected chi connectivity index (χ3v) is 13.1. The number of methoxy groups -OCH3 is 2. The number of hydrogen-bond acceptors (Lipinski definition) is 11. The molecule has 0 spiro atoms. The highest BCUT2D eigenvalue weighted by atomic mass is 16.5. The highest BCUT2D eigenvalue weighted by Crippen LogP contribution is 2.31. The van der Waals surface area contributed by atoms with Gasteiger partial charge in [0, 0.05) is 46.2 Å². The highest BCUT2D eigenvalue weighted by molar-refractivity contribution is 5.90. The number of likely N-dealkylation sites (tertiary alicyclic amines) is 1. The van der Waals surface area contributed by atoms with Crippen LogP contribution in [-0.2, 0) is 39.9 Å². The third-order valence-electron chi connectivity index (χ3n) is 13.1. The first-order valence-electron chi connectivity index (χ1n) is 23.5. The molecule has 1 aliphatic rings. The zero-order valence-corrected chi connectivity index (χ0v) is 40.9. The molecule has 1 aliphatic heterocycles. The van der Waals surface area contributed by atoms with Crippen molar-refractivity contribution in [3.8, 4) is 11.5 Å². The van der Waals surface area contributed by atoms with E-state index in [1.54, 1.807) is 45.0 Å². The van der Waals surface area contributed by atoms with Crippen LogP contribution in [0.4, 0.5) is 0 Å². The molecule has 3 N–H and O–H groups in total. The van der Waals surface area contributed by atoms with Crippen molar-refractivity contribution in [1.82, 2.24) is 35.5 Å². The third kappa shape index (κ3) is 14.2. The number of carbonyl (C=O) groups is 5. The van der Waals surface area contributed by atoms with Gasteiger partial charge in [0.1, 0.15) is 12.1 Å². The quantitative estimate of drug-likeness (QED) is 0.0849. The molecule has 2 heterocycles. The van der Waals surface area contributed by atoms with Crippen LogP contribution in [0.5, 0.6) is 0 Å². The van der Waals surface area contributed by atoms with E-state index in [1.165, 1.54) is 0 Å². The molecule has 16 heteroatoms. The van der Waals surface area contributed by atoms with Crippen LogP contribution in [0.1, 0.15) is 104 Å². The molecule has 66 heavy (non-hydrogen) atoms. The van der Waals surface area contributed by atoms with Crippen LogP contribution in [0.3, 0.4) is 0 Å². The monoisotopic (exact) mass is 918 g/mol. The maximum Gasteiger partial charge on any atom is 0.303 e. The van der Waals surface area contributed by atoms with Gasteiger partial charge in [-0.05, 0) is 68.3 Å². The minimum Gasteiger partial charge on any atom is -0.481 e. The molecular weight excluding hydrogens is 843 g/mol. The Bertz CT molecular complexity index is 2000. The van der Waals surface area contributed by atoms with E-state index >= 15 is 0 Å². The molecule has 0 bridgehead atoms. The lowest BCUT2D eigenvalue weighted by Crippen LogP contribution is -2.60. The van der Waals surface area contributed by atoms with Crippen molar-refractivity contribution in [2.24, 2.45) is 23.7 Å². The first kappa shape index (κ1) is 53.4. The Labute approximate surface area is 391 Å². The van der Waals surface area contributed by atoms with Crippen LogP contribution >= 0.6 is 0 Å². The topological polar surface area (TPSA) is 197 Å². The Morgan fingerprint density at radius 2 is 1.53 bits per heavy atom. The fourth-order valence-electron chi connectivity index (χ4n) is 9.33. The second-order valence-electron chi connectivity index (χ2n) is 18.5. The van der Waals surface area contributed by atoms with Crippen LogP contribution in [-0.4, -0.2) is 137 Å². The smallest absolute Gasteiger partial charge is 0.303 e. The molecule has 1 fully saturated rings. The zero-order chi connectivity index (χ0) is 48.7. The van der Waals surface area contributed by atoms with E-state index in [1.807, 2.05) is 107 Å². The van der Waals surface area contributed by atoms with Crippen molar-refractivity contribution in [3.05, 3.63) is 72.1 Å². The van der Waals surface area contributed by atoms with Gasteiger partial charge in [0.05, 0.1) is 42.7 Å². The Morgan fingerprint density at radius 1 is 0.879 bits per heavy atom. The van der Waals surface area contributed by atoms with Gasteiger partial charge in [0.15, 0.2) is 0 Å². The van der Waals surface area contributed by atoms with E-state index in [4.69, 9.17) is 19.0 Å². The first-order chi connectivity index (χ1) is 31.4. The summed E-state index contributed by atoms with van der Waals surface area (Å²) >= 11 is 0. The van der Waals surface area contributed by atoms with Gasteiger partial charge in [-0.25, -0.2) is 0 Å². The molecule has 4 amide bonds. The lowest BCUT2D eigenvalue weighted by Gasteiger charge is -2.41. The van der Waals surface area contributed by atoms with Crippen molar-refractivity contribution in [1.29, 1.82) is 0 Å². The normalized spacial score (nSPS) is 17.7. The minimum atomic E-state index is -0.895. The van der Waals surface area contributed by atoms with E-state index in [-0.39, 0.29) is 60.1 Å². The van der Waals surface area contributed by atoms with Crippen LogP contribution in [0.15, 0.2) is 65.1 Å². The van der Waals surface area contributed by atoms with Gasteiger partial charge in [0.25, 0.3) is 0 Å². The van der Waals surface area contributed by atoms with Gasteiger partial charge in [-0.15, -0.1) is 10.2 Å². The number of nitrogens with zero attached hydrogens (tertiary/aromatic N) is 5. The fraction of sp³-hybridized carbons (Fsp3) is 0.620. The molecule has 2 aromatic carbocycles. The maximum absolute atomic E-state index is 14.5. The number of aliphatic carboxylic acids is 1. The summed E-state index contributed by atoms with van der Waals surface area (Å²) in [5.74, 6) is -2.48. The predicted octanol–water partition coefficient (Wildman–Crippen LogP) is 6.02. The van der Waals surface area contributed by atoms with Gasteiger partial charge >= 0.3 is 5.97 Å². The summed E-state index contributed by atoms with van der Waals surface area (Å²) < 4.78 is 18.3. The van der Waals surface area contributed by atoms with Crippen molar-refractivity contribution in [3.63, 3.8) is 0 Å². The van der Waals surface area contributed by atoms with Gasteiger partial charge in [0.2, 0.25) is 35.4 Å². The van der Waals surface area contributed by atoms with Crippen molar-refractivity contribution in [2.75, 3.05) is 41.4 Å². The second kappa shape index (κ2) is 25.6. The number of likely N-dealkylation sites (N-methyl/N-ethyl adjacent to an activating group) is 2. The van der Waals surface area contributed by atoms with Crippen molar-refractivity contribution < 1.29 is 43.0 Å². The lowest BCUT2D eigenvalue weighted by atomic mass is 9.89. The molecule has 16 nitrogen and oxygen atoms in total. The number of ether oxygens (including phenoxy) is 2. The Balaban J connectivity index is 1.50. The van der Waals surface area contributed by atoms with Crippen LogP contribution < -0.4 is 10.6 Å². The summed E-state index contributed by atoms with van der Waals surface area (Å²) in [7, 11) is 6.60. The largest absolute Gasteiger partial charge is 0.481 e. The Hall–Kier alpha value is -5.19. The first-order valence-corrected chi connectivity index (χ1v) is 23.5. The number of nitrogens with one attached hydrogen (secondary N) is 2. The second-order valence-corrected chi connectivity index (χ2v) is 18.5. The molecule has 0 unspecified atom stereocenters. The SMILES string of the molecule is CC[C@H](C)[C@@H]([C@@H](CC(=O)N1CCC[C@H]1[C@H](OC)[C@@H](C)C(=O)N[C@@H](Cc1ccccc1)c1nnc(-c2ccccc2)o1)OC)N(C)C(=O)[C@@H](NC(=O)[C@H](C(C)C)N(C)CCCC(=O)O)C(C)C. The summed E-state index contributed by atoms with van der Waals surface area (Å²) in [6.07, 6.45) is 1.48. The number of benzene rings is 2. The summed E-state index contributed by atoms with van der Waals surface area (Å²) in [5.41, 5.74) is 1.74. The maximum atomic E-state index is 14.5. The molecule has 4 rings (SSSR count). The van der Waals surface area contributed by atoms with Crippen LogP contribution in [0.2, 0.25) is 0 Å². The van der Waals surface area contributed by atoms with E-state index in [2.05, 4.69) is 20.8 Å². The molecule has 364 valence electrons. The van der Waals surface area contributed by atoms with E-state index < -0.39 is 54.3 Å². The molecule has 1 saturated heterocycles. The summed E-state index contributed by atoms with van der Waals surface area (Å²) in [5, 5.41) is 24.0. The standard InChI is InChI=1S/C50H75N7O9/c1-12-33(6)44(56(9)50(63)42(31(2)3)52-47(62)43(32(4)5)55(8)27-20-26-41(59)60)39(64-10)30-40(58)57-28-19-25-38(57)45(65-11)34(7)46(61)51-37(29-35-21-15-13-16-22-35)49-54-53-48(66-49)36-23-17-14-18-24-36/h13-18,21-24,31-34,37-39,42-45H,12,19-20,25-30H2,1-11H3,(H,51,61)(H,52,62)(H,59,60)/t33-,34+,37-,38-,39+,42-,43-,44-,45+/m0/s1. The predicted molar refractivity (Wildman–Crippen MR) is 252 cm³/mol. The van der Waals surface area contributed by atoms with Crippen molar-refractivity contribution >= 4 is 29.6 Å². The van der Waals surface area contributed by atoms with E-state index in [0.717, 1.165) is 17.5 Å². The highest BCUT2D eigenvalue weighted by Gasteiger charge is 2.43. The van der Waals surface area contributed by atoms with Crippen molar-refractivity contribution in [2.45, 2.75) is 136 Å². The molecule has 1 aromatic heterocycles. The molecular formula is C50H75N7O9. The number of rotatable bonds is 26. The van der Waals surface area contributed by atoms with Gasteiger partial charge < -0.3 is 39.4 Å². The number of amides is 4.